The van der Waals surface area contributed by atoms with Crippen LogP contribution < -0.4 is 5.56 Å². The third kappa shape index (κ3) is 3.08. The molecule has 0 unspecified atom stereocenters. The molecule has 26 heavy (non-hydrogen) atoms. The van der Waals surface area contributed by atoms with Gasteiger partial charge in [0.1, 0.15) is 4.83 Å². The Morgan fingerprint density at radius 3 is 2.62 bits per heavy atom. The standard InChI is InChI=1S/C22H20N2OS/c1-3-16-7-9-18(10-8-16)19-13-26-21-20(19)22(25)24(14-23-21)12-17-6-4-5-15(2)11-17/h4-11,13-14H,3,12H2,1-2H3. The van der Waals surface area contributed by atoms with Crippen molar-refractivity contribution in [1.29, 1.82) is 0 Å². The molecule has 130 valence electrons. The molecule has 0 spiro atoms. The highest BCUT2D eigenvalue weighted by molar-refractivity contribution is 7.17. The first-order valence-corrected chi connectivity index (χ1v) is 9.65. The van der Waals surface area contributed by atoms with Gasteiger partial charge < -0.3 is 0 Å². The highest BCUT2D eigenvalue weighted by Crippen LogP contribution is 2.30. The molecular formula is C22H20N2OS. The molecule has 0 N–H and O–H groups in total. The Morgan fingerprint density at radius 2 is 1.88 bits per heavy atom. The van der Waals surface area contributed by atoms with Crippen LogP contribution in [0.3, 0.4) is 0 Å². The van der Waals surface area contributed by atoms with Gasteiger partial charge in [-0.15, -0.1) is 11.3 Å². The number of benzene rings is 2. The van der Waals surface area contributed by atoms with Gasteiger partial charge in [-0.2, -0.15) is 0 Å². The number of hydrogen-bond acceptors (Lipinski definition) is 3. The molecule has 4 aromatic rings. The lowest BCUT2D eigenvalue weighted by Gasteiger charge is -2.07. The van der Waals surface area contributed by atoms with E-state index in [9.17, 15) is 4.79 Å². The normalized spacial score (nSPS) is 11.2. The number of aryl methyl sites for hydroxylation is 2. The van der Waals surface area contributed by atoms with Crippen LogP contribution in [0, 0.1) is 6.92 Å². The molecule has 0 atom stereocenters. The van der Waals surface area contributed by atoms with E-state index in [1.54, 1.807) is 10.9 Å². The Bertz CT molecular complexity index is 1120. The van der Waals surface area contributed by atoms with Gasteiger partial charge in [0.2, 0.25) is 0 Å². The Kier molecular flexibility index (Phi) is 4.43. The summed E-state index contributed by atoms with van der Waals surface area (Å²) in [7, 11) is 0. The van der Waals surface area contributed by atoms with Gasteiger partial charge in [0.05, 0.1) is 18.3 Å². The molecule has 4 heteroatoms. The summed E-state index contributed by atoms with van der Waals surface area (Å²) < 4.78 is 1.70. The molecule has 0 aliphatic heterocycles. The Balaban J connectivity index is 1.80. The number of aromatic nitrogens is 2. The third-order valence-corrected chi connectivity index (χ3v) is 5.56. The molecule has 2 aromatic carbocycles. The molecule has 0 saturated carbocycles. The lowest BCUT2D eigenvalue weighted by atomic mass is 10.0. The van der Waals surface area contributed by atoms with Crippen LogP contribution >= 0.6 is 11.3 Å². The maximum atomic E-state index is 13.1. The van der Waals surface area contributed by atoms with Crippen molar-refractivity contribution in [2.75, 3.05) is 0 Å². The van der Waals surface area contributed by atoms with E-state index in [-0.39, 0.29) is 5.56 Å². The van der Waals surface area contributed by atoms with Crippen LogP contribution in [0.1, 0.15) is 23.6 Å². The van der Waals surface area contributed by atoms with E-state index in [0.717, 1.165) is 33.3 Å². The van der Waals surface area contributed by atoms with Crippen molar-refractivity contribution < 1.29 is 0 Å². The van der Waals surface area contributed by atoms with Gasteiger partial charge in [-0.05, 0) is 30.0 Å². The molecule has 0 amide bonds. The van der Waals surface area contributed by atoms with Gasteiger partial charge in [0, 0.05) is 10.9 Å². The fourth-order valence-corrected chi connectivity index (χ4v) is 4.13. The number of nitrogens with zero attached hydrogens (tertiary/aromatic N) is 2. The fourth-order valence-electron chi connectivity index (χ4n) is 3.22. The maximum absolute atomic E-state index is 13.1. The molecule has 2 aromatic heterocycles. The van der Waals surface area contributed by atoms with Crippen molar-refractivity contribution in [3.63, 3.8) is 0 Å². The number of fused-ring (bicyclic) bond motifs is 1. The van der Waals surface area contributed by atoms with Crippen molar-refractivity contribution in [2.24, 2.45) is 0 Å². The molecule has 0 aliphatic rings. The Hall–Kier alpha value is -2.72. The second-order valence-corrected chi connectivity index (χ2v) is 7.40. The minimum Gasteiger partial charge on any atom is -0.294 e. The third-order valence-electron chi connectivity index (χ3n) is 4.67. The van der Waals surface area contributed by atoms with E-state index < -0.39 is 0 Å². The van der Waals surface area contributed by atoms with Crippen molar-refractivity contribution in [1.82, 2.24) is 9.55 Å². The van der Waals surface area contributed by atoms with Crippen LogP contribution in [0.4, 0.5) is 0 Å². The summed E-state index contributed by atoms with van der Waals surface area (Å²) >= 11 is 1.53. The van der Waals surface area contributed by atoms with Crippen LogP contribution in [0.2, 0.25) is 0 Å². The highest BCUT2D eigenvalue weighted by Gasteiger charge is 2.13. The molecule has 0 fully saturated rings. The molecule has 3 nitrogen and oxygen atoms in total. The van der Waals surface area contributed by atoms with Gasteiger partial charge in [-0.1, -0.05) is 61.0 Å². The largest absolute Gasteiger partial charge is 0.294 e. The number of rotatable bonds is 4. The van der Waals surface area contributed by atoms with E-state index in [4.69, 9.17) is 0 Å². The molecular weight excluding hydrogens is 340 g/mol. The number of hydrogen-bond donors (Lipinski definition) is 0. The van der Waals surface area contributed by atoms with Crippen LogP contribution in [0.15, 0.2) is 65.0 Å². The smallest absolute Gasteiger partial charge is 0.263 e. The van der Waals surface area contributed by atoms with E-state index >= 15 is 0 Å². The summed E-state index contributed by atoms with van der Waals surface area (Å²) in [5, 5.41) is 2.76. The second-order valence-electron chi connectivity index (χ2n) is 6.55. The summed E-state index contributed by atoms with van der Waals surface area (Å²) in [4.78, 5) is 18.4. The Morgan fingerprint density at radius 1 is 1.08 bits per heavy atom. The quantitative estimate of drug-likeness (QED) is 0.511. The number of thiophene rings is 1. The van der Waals surface area contributed by atoms with Crippen molar-refractivity contribution >= 4 is 21.6 Å². The van der Waals surface area contributed by atoms with Crippen molar-refractivity contribution in [2.45, 2.75) is 26.8 Å². The van der Waals surface area contributed by atoms with Gasteiger partial charge in [0.15, 0.2) is 0 Å². The monoisotopic (exact) mass is 360 g/mol. The summed E-state index contributed by atoms with van der Waals surface area (Å²) in [6, 6.07) is 16.7. The zero-order valence-electron chi connectivity index (χ0n) is 14.9. The molecule has 0 radical (unpaired) electrons. The van der Waals surface area contributed by atoms with Gasteiger partial charge in [-0.3, -0.25) is 9.36 Å². The molecule has 0 aliphatic carbocycles. The minimum absolute atomic E-state index is 0.0207. The van der Waals surface area contributed by atoms with E-state index in [1.165, 1.54) is 22.5 Å². The van der Waals surface area contributed by atoms with Crippen LogP contribution in [-0.4, -0.2) is 9.55 Å². The minimum atomic E-state index is 0.0207. The first-order valence-electron chi connectivity index (χ1n) is 8.77. The fraction of sp³-hybridized carbons (Fsp3) is 0.182. The first-order chi connectivity index (χ1) is 12.7. The second kappa shape index (κ2) is 6.89. The molecule has 0 saturated heterocycles. The summed E-state index contributed by atoms with van der Waals surface area (Å²) in [6.45, 7) is 4.74. The first kappa shape index (κ1) is 16.7. The lowest BCUT2D eigenvalue weighted by Crippen LogP contribution is -2.21. The summed E-state index contributed by atoms with van der Waals surface area (Å²) in [5.41, 5.74) is 5.66. The van der Waals surface area contributed by atoms with E-state index in [0.29, 0.717) is 6.54 Å². The average molecular weight is 360 g/mol. The van der Waals surface area contributed by atoms with Gasteiger partial charge in [-0.25, -0.2) is 4.98 Å². The van der Waals surface area contributed by atoms with Gasteiger partial charge >= 0.3 is 0 Å². The maximum Gasteiger partial charge on any atom is 0.263 e. The van der Waals surface area contributed by atoms with Crippen LogP contribution in [-0.2, 0) is 13.0 Å². The highest BCUT2D eigenvalue weighted by atomic mass is 32.1. The zero-order valence-corrected chi connectivity index (χ0v) is 15.7. The van der Waals surface area contributed by atoms with Crippen molar-refractivity contribution in [3.8, 4) is 11.1 Å². The molecule has 0 bridgehead atoms. The van der Waals surface area contributed by atoms with Crippen LogP contribution in [0.25, 0.3) is 21.3 Å². The van der Waals surface area contributed by atoms with E-state index in [2.05, 4.69) is 55.2 Å². The average Bonchev–Trinajstić information content (AvgIpc) is 3.09. The SMILES string of the molecule is CCc1ccc(-c2csc3ncn(Cc4cccc(C)c4)c(=O)c23)cc1. The summed E-state index contributed by atoms with van der Waals surface area (Å²) in [5.74, 6) is 0. The van der Waals surface area contributed by atoms with Gasteiger partial charge in [0.25, 0.3) is 5.56 Å². The summed E-state index contributed by atoms with van der Waals surface area (Å²) in [6.07, 6.45) is 2.67. The van der Waals surface area contributed by atoms with Crippen LogP contribution in [0.5, 0.6) is 0 Å². The van der Waals surface area contributed by atoms with Crippen molar-refractivity contribution in [3.05, 3.63) is 87.3 Å². The zero-order chi connectivity index (χ0) is 18.1. The molecule has 2 heterocycles. The molecule has 4 rings (SSSR count). The Labute approximate surface area is 156 Å². The lowest BCUT2D eigenvalue weighted by molar-refractivity contribution is 0.749. The predicted octanol–water partition coefficient (Wildman–Crippen LogP) is 5.04. The topological polar surface area (TPSA) is 34.9 Å². The van der Waals surface area contributed by atoms with E-state index in [1.807, 2.05) is 17.5 Å². The predicted molar refractivity (Wildman–Crippen MR) is 109 cm³/mol.